The number of hydrogen-bond donors (Lipinski definition) is 2. The number of hydrogen-bond acceptors (Lipinski definition) is 6. The zero-order valence-electron chi connectivity index (χ0n) is 50.2. The third kappa shape index (κ3) is 55.9. The summed E-state index contributed by atoms with van der Waals surface area (Å²) in [4.78, 5) is 37.7. The first-order valence-electron chi connectivity index (χ1n) is 31.4. The van der Waals surface area contributed by atoms with Crippen LogP contribution in [0.5, 0.6) is 0 Å². The van der Waals surface area contributed by atoms with Crippen LogP contribution in [-0.2, 0) is 27.9 Å². The van der Waals surface area contributed by atoms with E-state index in [-0.39, 0.29) is 31.5 Å². The van der Waals surface area contributed by atoms with Gasteiger partial charge in [-0.25, -0.2) is 4.57 Å². The fraction of sp³-hybridized carbons (Fsp3) is 0.758. The molecule has 2 N–H and O–H groups in total. The molecule has 0 aliphatic rings. The Kier molecular flexibility index (Phi) is 53.5. The number of esters is 1. The van der Waals surface area contributed by atoms with Crippen LogP contribution in [0.4, 0.5) is 0 Å². The summed E-state index contributed by atoms with van der Waals surface area (Å²) in [6, 6.07) is -0.861. The van der Waals surface area contributed by atoms with Crippen LogP contribution in [0.3, 0.4) is 0 Å². The number of carbonyl (C=O) groups excluding carboxylic acids is 2. The van der Waals surface area contributed by atoms with E-state index in [0.29, 0.717) is 23.9 Å². The second kappa shape index (κ2) is 55.5. The van der Waals surface area contributed by atoms with Crippen LogP contribution < -0.4 is 5.32 Å². The molecular formula is C66H120N2O7P+. The highest BCUT2D eigenvalue weighted by molar-refractivity contribution is 7.47. The number of nitrogens with zero attached hydrogens (tertiary/aromatic N) is 1. The van der Waals surface area contributed by atoms with Gasteiger partial charge in [0, 0.05) is 12.8 Å². The third-order valence-corrected chi connectivity index (χ3v) is 14.6. The standard InChI is InChI=1S/C66H119N2O7P/c1-7-10-13-16-19-22-25-28-30-31-32-33-34-35-36-37-39-41-44-47-50-53-56-59-66(70)75-64(57-54-51-48-45-42-27-24-21-18-15-12-9-3)63(62-74-76(71,72)73-61-60-68(4,5)6)67-65(69)58-55-52-49-46-43-40-38-29-26-23-20-17-14-11-8-2/h10,13,19,22,28,30,32-33,35-36,39,41,54,57,63-64H,7-9,11-12,14-18,20-21,23-27,29,31,34,37-38,40,42-53,55-56,58-62H2,1-6H3,(H-,67,69,71,72)/p+1/b13-10-,22-19-,30-28-,33-32-,36-35-,41-39-,57-54+. The maximum Gasteiger partial charge on any atom is 0.472 e. The minimum Gasteiger partial charge on any atom is -0.456 e. The summed E-state index contributed by atoms with van der Waals surface area (Å²) in [5, 5.41) is 3.05. The Labute approximate surface area is 469 Å². The van der Waals surface area contributed by atoms with Crippen molar-refractivity contribution in [2.45, 2.75) is 283 Å². The molecule has 9 nitrogen and oxygen atoms in total. The van der Waals surface area contributed by atoms with Crippen molar-refractivity contribution in [3.63, 3.8) is 0 Å². The number of amides is 1. The monoisotopic (exact) mass is 1080 g/mol. The van der Waals surface area contributed by atoms with Crippen LogP contribution in [0.15, 0.2) is 85.1 Å². The quantitative estimate of drug-likeness (QED) is 0.0205. The van der Waals surface area contributed by atoms with Crippen LogP contribution in [0.1, 0.15) is 271 Å². The minimum atomic E-state index is -4.46. The molecule has 0 fully saturated rings. The number of likely N-dealkylation sites (N-methyl/N-ethyl adjacent to an activating group) is 1. The summed E-state index contributed by atoms with van der Waals surface area (Å²) < 4.78 is 30.7. The first kappa shape index (κ1) is 73.2. The maximum absolute atomic E-state index is 13.5. The van der Waals surface area contributed by atoms with Crippen molar-refractivity contribution in [2.75, 3.05) is 40.9 Å². The van der Waals surface area contributed by atoms with Crippen LogP contribution in [0.2, 0.25) is 0 Å². The minimum absolute atomic E-state index is 0.0338. The van der Waals surface area contributed by atoms with Crippen LogP contribution in [0, 0.1) is 0 Å². The molecule has 0 radical (unpaired) electrons. The van der Waals surface area contributed by atoms with Gasteiger partial charge in [0.1, 0.15) is 19.3 Å². The SMILES string of the molecule is CC/C=C\C/C=C\C/C=C\C/C=C\C/C=C\C/C=C\CCCCCCC(=O)OC(/C=C/CCCCCCCCCCCC)C(COP(=O)(O)OCC[N+](C)(C)C)NC(=O)CCCCCCCCCCCCCCCCC. The van der Waals surface area contributed by atoms with Crippen molar-refractivity contribution in [1.82, 2.24) is 5.32 Å². The fourth-order valence-electron chi connectivity index (χ4n) is 8.77. The van der Waals surface area contributed by atoms with E-state index in [1.165, 1.54) is 128 Å². The molecule has 0 spiro atoms. The van der Waals surface area contributed by atoms with E-state index in [1.807, 2.05) is 33.3 Å². The number of nitrogens with one attached hydrogen (secondary N) is 1. The number of rotatable bonds is 56. The normalized spacial score (nSPS) is 14.2. The van der Waals surface area contributed by atoms with Gasteiger partial charge in [-0.05, 0) is 83.1 Å². The van der Waals surface area contributed by atoms with Gasteiger partial charge in [0.05, 0.1) is 33.8 Å². The van der Waals surface area contributed by atoms with Crippen molar-refractivity contribution in [1.29, 1.82) is 0 Å². The Morgan fingerprint density at radius 3 is 1.26 bits per heavy atom. The number of phosphoric acid groups is 1. The summed E-state index contributed by atoms with van der Waals surface area (Å²) in [7, 11) is 1.48. The number of allylic oxidation sites excluding steroid dienone is 13. The van der Waals surface area contributed by atoms with Crippen molar-refractivity contribution in [3.05, 3.63) is 85.1 Å². The zero-order chi connectivity index (χ0) is 55.7. The van der Waals surface area contributed by atoms with E-state index in [1.54, 1.807) is 0 Å². The highest BCUT2D eigenvalue weighted by atomic mass is 31.2. The van der Waals surface area contributed by atoms with Crippen LogP contribution in [-0.4, -0.2) is 74.3 Å². The predicted molar refractivity (Wildman–Crippen MR) is 328 cm³/mol. The van der Waals surface area contributed by atoms with Crippen molar-refractivity contribution >= 4 is 19.7 Å². The summed E-state index contributed by atoms with van der Waals surface area (Å²) in [6.45, 7) is 6.89. The molecule has 3 unspecified atom stereocenters. The molecule has 76 heavy (non-hydrogen) atoms. The molecule has 0 aromatic rings. The molecule has 10 heteroatoms. The lowest BCUT2D eigenvalue weighted by Crippen LogP contribution is -2.47. The van der Waals surface area contributed by atoms with E-state index >= 15 is 0 Å². The van der Waals surface area contributed by atoms with Crippen molar-refractivity contribution < 1.29 is 37.3 Å². The molecule has 0 heterocycles. The van der Waals surface area contributed by atoms with Gasteiger partial charge in [-0.15, -0.1) is 0 Å². The average Bonchev–Trinajstić information content (AvgIpc) is 3.38. The van der Waals surface area contributed by atoms with Gasteiger partial charge < -0.3 is 19.4 Å². The second-order valence-electron chi connectivity index (χ2n) is 22.2. The number of carbonyl (C=O) groups is 2. The van der Waals surface area contributed by atoms with E-state index in [9.17, 15) is 19.0 Å². The van der Waals surface area contributed by atoms with E-state index in [4.69, 9.17) is 13.8 Å². The fourth-order valence-corrected chi connectivity index (χ4v) is 9.50. The van der Waals surface area contributed by atoms with Crippen molar-refractivity contribution in [3.8, 4) is 0 Å². The molecule has 0 aliphatic carbocycles. The Hall–Kier alpha value is -2.81. The summed E-state index contributed by atoms with van der Waals surface area (Å²) in [5.74, 6) is -0.531. The molecule has 1 amide bonds. The van der Waals surface area contributed by atoms with Gasteiger partial charge in [-0.1, -0.05) is 260 Å². The number of unbranched alkanes of at least 4 members (excludes halogenated alkanes) is 28. The molecule has 0 saturated carbocycles. The van der Waals surface area contributed by atoms with Gasteiger partial charge in [-0.3, -0.25) is 18.6 Å². The Morgan fingerprint density at radius 2 is 0.842 bits per heavy atom. The number of quaternary nitrogens is 1. The first-order chi connectivity index (χ1) is 36.9. The molecule has 0 aliphatic heterocycles. The van der Waals surface area contributed by atoms with Crippen LogP contribution >= 0.6 is 7.82 Å². The molecule has 0 bridgehead atoms. The lowest BCUT2D eigenvalue weighted by Gasteiger charge is -2.27. The second-order valence-corrected chi connectivity index (χ2v) is 23.7. The van der Waals surface area contributed by atoms with E-state index < -0.39 is 20.0 Å². The summed E-state index contributed by atoms with van der Waals surface area (Å²) >= 11 is 0. The smallest absolute Gasteiger partial charge is 0.456 e. The Morgan fingerprint density at radius 1 is 0.474 bits per heavy atom. The molecule has 0 rings (SSSR count). The van der Waals surface area contributed by atoms with Gasteiger partial charge in [0.2, 0.25) is 5.91 Å². The molecule has 0 aromatic heterocycles. The van der Waals surface area contributed by atoms with Gasteiger partial charge in [0.25, 0.3) is 0 Å². The lowest BCUT2D eigenvalue weighted by molar-refractivity contribution is -0.870. The number of ether oxygens (including phenoxy) is 1. The predicted octanol–water partition coefficient (Wildman–Crippen LogP) is 19.4. The van der Waals surface area contributed by atoms with Crippen molar-refractivity contribution in [2.24, 2.45) is 0 Å². The molecule has 0 saturated heterocycles. The highest BCUT2D eigenvalue weighted by Gasteiger charge is 2.30. The average molecular weight is 1080 g/mol. The van der Waals surface area contributed by atoms with E-state index in [2.05, 4.69) is 99.0 Å². The third-order valence-electron chi connectivity index (χ3n) is 13.6. The molecule has 0 aromatic carbocycles. The first-order valence-corrected chi connectivity index (χ1v) is 32.9. The summed E-state index contributed by atoms with van der Waals surface area (Å²) in [5.41, 5.74) is 0. The van der Waals surface area contributed by atoms with E-state index in [0.717, 1.165) is 103 Å². The highest BCUT2D eigenvalue weighted by Crippen LogP contribution is 2.43. The Balaban J connectivity index is 5.27. The van der Waals surface area contributed by atoms with Gasteiger partial charge in [0.15, 0.2) is 0 Å². The van der Waals surface area contributed by atoms with Crippen LogP contribution in [0.25, 0.3) is 0 Å². The largest absolute Gasteiger partial charge is 0.472 e. The topological polar surface area (TPSA) is 111 Å². The molecule has 440 valence electrons. The molecule has 3 atom stereocenters. The Bertz CT molecular complexity index is 1580. The summed E-state index contributed by atoms with van der Waals surface area (Å²) in [6.07, 6.45) is 72.9. The van der Waals surface area contributed by atoms with Gasteiger partial charge >= 0.3 is 13.8 Å². The molecular weight excluding hydrogens is 964 g/mol. The van der Waals surface area contributed by atoms with Gasteiger partial charge in [-0.2, -0.15) is 0 Å². The number of phosphoric ester groups is 1. The lowest BCUT2D eigenvalue weighted by atomic mass is 10.0. The maximum atomic E-state index is 13.5. The zero-order valence-corrected chi connectivity index (χ0v) is 51.1.